The van der Waals surface area contributed by atoms with Gasteiger partial charge in [0, 0.05) is 14.2 Å². The normalized spacial score (nSPS) is 18.6. The second-order valence-electron chi connectivity index (χ2n) is 4.08. The van der Waals surface area contributed by atoms with E-state index in [1.807, 2.05) is 27.7 Å². The topological polar surface area (TPSA) is 46.2 Å². The highest BCUT2D eigenvalue weighted by molar-refractivity contribution is 4.86. The third-order valence-corrected chi connectivity index (χ3v) is 2.33. The number of ether oxygens (including phenoxy) is 5. The highest BCUT2D eigenvalue weighted by Crippen LogP contribution is 2.02. The molecule has 4 unspecified atom stereocenters. The molecule has 19 heavy (non-hydrogen) atoms. The first-order valence-electron chi connectivity index (χ1n) is 6.34. The van der Waals surface area contributed by atoms with E-state index < -0.39 is 0 Å². The number of methoxy groups -OCH3 is 2. The SMILES string of the molecule is COC(C)OC(C)C=COC=CC(C)OC(C)OC. The summed E-state index contributed by atoms with van der Waals surface area (Å²) in [6.45, 7) is 7.48. The molecular formula is C14H26O5. The third-order valence-electron chi connectivity index (χ3n) is 2.33. The molecule has 0 N–H and O–H groups in total. The Balaban J connectivity index is 3.82. The van der Waals surface area contributed by atoms with Crippen molar-refractivity contribution in [2.45, 2.75) is 52.5 Å². The summed E-state index contributed by atoms with van der Waals surface area (Å²) < 4.78 is 26.1. The predicted molar refractivity (Wildman–Crippen MR) is 73.4 cm³/mol. The Labute approximate surface area is 116 Å². The Morgan fingerprint density at radius 3 is 1.37 bits per heavy atom. The summed E-state index contributed by atoms with van der Waals surface area (Å²) >= 11 is 0. The zero-order chi connectivity index (χ0) is 14.7. The monoisotopic (exact) mass is 274 g/mol. The van der Waals surface area contributed by atoms with Gasteiger partial charge in [0.2, 0.25) is 0 Å². The van der Waals surface area contributed by atoms with E-state index in [1.165, 1.54) is 0 Å². The van der Waals surface area contributed by atoms with Crippen LogP contribution in [-0.2, 0) is 23.7 Å². The minimum atomic E-state index is -0.237. The number of rotatable bonds is 10. The van der Waals surface area contributed by atoms with E-state index in [1.54, 1.807) is 38.9 Å². The van der Waals surface area contributed by atoms with Crippen LogP contribution in [0.15, 0.2) is 24.7 Å². The van der Waals surface area contributed by atoms with Crippen LogP contribution in [0.3, 0.4) is 0 Å². The lowest BCUT2D eigenvalue weighted by atomic mass is 10.4. The third kappa shape index (κ3) is 10.7. The van der Waals surface area contributed by atoms with Crippen LogP contribution in [0.4, 0.5) is 0 Å². The van der Waals surface area contributed by atoms with E-state index in [-0.39, 0.29) is 24.8 Å². The zero-order valence-corrected chi connectivity index (χ0v) is 12.7. The molecular weight excluding hydrogens is 248 g/mol. The lowest BCUT2D eigenvalue weighted by Crippen LogP contribution is -2.16. The largest absolute Gasteiger partial charge is 0.473 e. The summed E-state index contributed by atoms with van der Waals surface area (Å²) in [5, 5.41) is 0. The molecule has 5 nitrogen and oxygen atoms in total. The first-order chi connectivity index (χ1) is 8.99. The summed E-state index contributed by atoms with van der Waals surface area (Å²) in [6, 6.07) is 0. The fourth-order valence-corrected chi connectivity index (χ4v) is 1.16. The van der Waals surface area contributed by atoms with Gasteiger partial charge in [0.05, 0.1) is 24.7 Å². The molecule has 0 spiro atoms. The van der Waals surface area contributed by atoms with Crippen molar-refractivity contribution in [3.05, 3.63) is 24.7 Å². The molecule has 0 bridgehead atoms. The van der Waals surface area contributed by atoms with Gasteiger partial charge in [-0.15, -0.1) is 0 Å². The fraction of sp³-hybridized carbons (Fsp3) is 0.714. The van der Waals surface area contributed by atoms with Gasteiger partial charge in [-0.25, -0.2) is 0 Å². The van der Waals surface area contributed by atoms with Crippen LogP contribution in [0.25, 0.3) is 0 Å². The van der Waals surface area contributed by atoms with Crippen molar-refractivity contribution < 1.29 is 23.7 Å². The molecule has 0 amide bonds. The number of hydrogen-bond donors (Lipinski definition) is 0. The highest BCUT2D eigenvalue weighted by atomic mass is 16.7. The molecule has 0 aliphatic heterocycles. The van der Waals surface area contributed by atoms with Crippen molar-refractivity contribution in [3.8, 4) is 0 Å². The summed E-state index contributed by atoms with van der Waals surface area (Å²) in [6.07, 6.45) is 6.09. The van der Waals surface area contributed by atoms with Crippen LogP contribution in [0, 0.1) is 0 Å². The van der Waals surface area contributed by atoms with Gasteiger partial charge >= 0.3 is 0 Å². The van der Waals surface area contributed by atoms with E-state index >= 15 is 0 Å². The van der Waals surface area contributed by atoms with Gasteiger partial charge in [-0.1, -0.05) is 0 Å². The minimum absolute atomic E-state index is 0.0782. The lowest BCUT2D eigenvalue weighted by Gasteiger charge is -2.14. The second-order valence-corrected chi connectivity index (χ2v) is 4.08. The number of hydrogen-bond acceptors (Lipinski definition) is 5. The van der Waals surface area contributed by atoms with Crippen molar-refractivity contribution in [2.24, 2.45) is 0 Å². The van der Waals surface area contributed by atoms with E-state index in [0.29, 0.717) is 0 Å². The Bertz CT molecular complexity index is 239. The van der Waals surface area contributed by atoms with Gasteiger partial charge in [-0.3, -0.25) is 0 Å². The van der Waals surface area contributed by atoms with Gasteiger partial charge in [-0.05, 0) is 39.8 Å². The van der Waals surface area contributed by atoms with E-state index in [0.717, 1.165) is 0 Å². The van der Waals surface area contributed by atoms with Crippen molar-refractivity contribution in [1.82, 2.24) is 0 Å². The molecule has 4 atom stereocenters. The molecule has 0 saturated heterocycles. The summed E-state index contributed by atoms with van der Waals surface area (Å²) in [4.78, 5) is 0. The van der Waals surface area contributed by atoms with E-state index in [9.17, 15) is 0 Å². The van der Waals surface area contributed by atoms with Crippen molar-refractivity contribution >= 4 is 0 Å². The molecule has 0 rings (SSSR count). The molecule has 0 aromatic heterocycles. The molecule has 5 heteroatoms. The van der Waals surface area contributed by atoms with Crippen LogP contribution >= 0.6 is 0 Å². The van der Waals surface area contributed by atoms with E-state index in [2.05, 4.69) is 0 Å². The molecule has 0 saturated carbocycles. The van der Waals surface area contributed by atoms with E-state index in [4.69, 9.17) is 23.7 Å². The Hall–Kier alpha value is -0.880. The Morgan fingerprint density at radius 2 is 1.05 bits per heavy atom. The van der Waals surface area contributed by atoms with Crippen LogP contribution in [0.2, 0.25) is 0 Å². The first kappa shape index (κ1) is 18.1. The second kappa shape index (κ2) is 11.0. The Kier molecular flexibility index (Phi) is 10.5. The Morgan fingerprint density at radius 1 is 0.684 bits per heavy atom. The fourth-order valence-electron chi connectivity index (χ4n) is 1.16. The van der Waals surface area contributed by atoms with Crippen LogP contribution in [0.1, 0.15) is 27.7 Å². The molecule has 0 aliphatic carbocycles. The molecule has 0 fully saturated rings. The van der Waals surface area contributed by atoms with Crippen molar-refractivity contribution in [3.63, 3.8) is 0 Å². The molecule has 112 valence electrons. The van der Waals surface area contributed by atoms with Gasteiger partial charge < -0.3 is 23.7 Å². The lowest BCUT2D eigenvalue weighted by molar-refractivity contribution is -0.127. The minimum Gasteiger partial charge on any atom is -0.473 e. The molecule has 0 aromatic carbocycles. The van der Waals surface area contributed by atoms with Gasteiger partial charge in [0.1, 0.15) is 0 Å². The standard InChI is InChI=1S/C14H26O5/c1-11(18-13(3)15-5)7-9-17-10-8-12(2)19-14(4)16-6/h7-14H,1-6H3. The zero-order valence-electron chi connectivity index (χ0n) is 12.7. The molecule has 0 aromatic rings. The highest BCUT2D eigenvalue weighted by Gasteiger charge is 2.04. The van der Waals surface area contributed by atoms with Gasteiger partial charge in [0.25, 0.3) is 0 Å². The van der Waals surface area contributed by atoms with Gasteiger partial charge in [-0.2, -0.15) is 0 Å². The molecule has 0 aliphatic rings. The molecule has 0 radical (unpaired) electrons. The maximum Gasteiger partial charge on any atom is 0.155 e. The van der Waals surface area contributed by atoms with Crippen LogP contribution in [0.5, 0.6) is 0 Å². The smallest absolute Gasteiger partial charge is 0.155 e. The first-order valence-corrected chi connectivity index (χ1v) is 6.34. The average molecular weight is 274 g/mol. The molecule has 0 heterocycles. The van der Waals surface area contributed by atoms with Crippen LogP contribution < -0.4 is 0 Å². The maximum atomic E-state index is 5.44. The quantitative estimate of drug-likeness (QED) is 0.453. The van der Waals surface area contributed by atoms with Gasteiger partial charge in [0.15, 0.2) is 12.6 Å². The van der Waals surface area contributed by atoms with Crippen molar-refractivity contribution in [1.29, 1.82) is 0 Å². The maximum absolute atomic E-state index is 5.44. The average Bonchev–Trinajstić information content (AvgIpc) is 2.37. The summed E-state index contributed by atoms with van der Waals surface area (Å²) in [5.41, 5.74) is 0. The predicted octanol–water partition coefficient (Wildman–Crippen LogP) is 2.83. The van der Waals surface area contributed by atoms with Crippen molar-refractivity contribution in [2.75, 3.05) is 14.2 Å². The van der Waals surface area contributed by atoms with Crippen LogP contribution in [-0.4, -0.2) is 39.0 Å². The summed E-state index contributed by atoms with van der Waals surface area (Å²) in [7, 11) is 3.20. The summed E-state index contributed by atoms with van der Waals surface area (Å²) in [5.74, 6) is 0.